The van der Waals surface area contributed by atoms with Gasteiger partial charge in [0.05, 0.1) is 12.4 Å². The van der Waals surface area contributed by atoms with E-state index in [-0.39, 0.29) is 12.4 Å². The van der Waals surface area contributed by atoms with Crippen molar-refractivity contribution in [1.82, 2.24) is 30.0 Å². The number of aryl methyl sites for hydroxylation is 1. The lowest BCUT2D eigenvalue weighted by Crippen LogP contribution is -2.31. The first kappa shape index (κ1) is 12.6. The summed E-state index contributed by atoms with van der Waals surface area (Å²) in [6.07, 6.45) is 6.99. The standard InChI is InChI=1S/C8H12N6O.ClH/c1-8(15,14-7-4-10-12-14)2-5-13-6-3-9-11-13;/h3-4,6-7,15H,2,5H2,1H3;1H. The van der Waals surface area contributed by atoms with E-state index in [9.17, 15) is 5.11 Å². The molecular weight excluding hydrogens is 232 g/mol. The molecule has 0 aromatic carbocycles. The van der Waals surface area contributed by atoms with Crippen LogP contribution in [0.4, 0.5) is 0 Å². The maximum absolute atomic E-state index is 10.1. The van der Waals surface area contributed by atoms with Gasteiger partial charge in [-0.15, -0.1) is 22.6 Å². The predicted octanol–water partition coefficient (Wildman–Crippen LogP) is 0.0467. The molecule has 88 valence electrons. The predicted molar refractivity (Wildman–Crippen MR) is 57.8 cm³/mol. The Morgan fingerprint density at radius 1 is 1.19 bits per heavy atom. The summed E-state index contributed by atoms with van der Waals surface area (Å²) < 4.78 is 3.08. The van der Waals surface area contributed by atoms with Gasteiger partial charge in [-0.3, -0.25) is 4.68 Å². The van der Waals surface area contributed by atoms with Gasteiger partial charge in [-0.2, -0.15) is 0 Å². The third-order valence-electron chi connectivity index (χ3n) is 2.20. The Morgan fingerprint density at radius 3 is 2.44 bits per heavy atom. The molecule has 1 unspecified atom stereocenters. The van der Waals surface area contributed by atoms with Gasteiger partial charge in [-0.1, -0.05) is 10.4 Å². The monoisotopic (exact) mass is 244 g/mol. The molecule has 0 amide bonds. The van der Waals surface area contributed by atoms with Gasteiger partial charge < -0.3 is 5.11 Å². The third-order valence-corrected chi connectivity index (χ3v) is 2.20. The summed E-state index contributed by atoms with van der Waals surface area (Å²) in [4.78, 5) is 0. The van der Waals surface area contributed by atoms with E-state index in [2.05, 4.69) is 20.6 Å². The molecule has 0 aliphatic carbocycles. The summed E-state index contributed by atoms with van der Waals surface area (Å²) in [5.41, 5.74) is -1.05. The smallest absolute Gasteiger partial charge is 0.158 e. The van der Waals surface area contributed by atoms with Crippen molar-refractivity contribution < 1.29 is 5.11 Å². The van der Waals surface area contributed by atoms with Crippen molar-refractivity contribution in [3.8, 4) is 0 Å². The zero-order chi connectivity index (χ0) is 10.7. The summed E-state index contributed by atoms with van der Waals surface area (Å²) >= 11 is 0. The molecule has 0 saturated carbocycles. The number of aromatic nitrogens is 6. The van der Waals surface area contributed by atoms with Crippen molar-refractivity contribution in [2.75, 3.05) is 0 Å². The van der Waals surface area contributed by atoms with E-state index in [0.717, 1.165) is 0 Å². The highest BCUT2D eigenvalue weighted by Gasteiger charge is 2.23. The van der Waals surface area contributed by atoms with Crippen molar-refractivity contribution >= 4 is 12.4 Å². The molecule has 2 rings (SSSR count). The van der Waals surface area contributed by atoms with Gasteiger partial charge in [0.2, 0.25) is 0 Å². The average molecular weight is 245 g/mol. The van der Waals surface area contributed by atoms with Crippen LogP contribution in [-0.2, 0) is 12.3 Å². The van der Waals surface area contributed by atoms with Gasteiger partial charge in [0.15, 0.2) is 5.72 Å². The Labute approximate surface area is 98.5 Å². The quantitative estimate of drug-likeness (QED) is 0.822. The van der Waals surface area contributed by atoms with E-state index < -0.39 is 5.72 Å². The lowest BCUT2D eigenvalue weighted by atomic mass is 10.2. The fourth-order valence-corrected chi connectivity index (χ4v) is 1.26. The van der Waals surface area contributed by atoms with E-state index in [0.29, 0.717) is 13.0 Å². The second kappa shape index (κ2) is 5.04. The number of hydrogen-bond donors (Lipinski definition) is 1. The Balaban J connectivity index is 0.00000128. The van der Waals surface area contributed by atoms with E-state index in [1.807, 2.05) is 0 Å². The van der Waals surface area contributed by atoms with Crippen LogP contribution < -0.4 is 0 Å². The molecule has 16 heavy (non-hydrogen) atoms. The minimum atomic E-state index is -1.05. The van der Waals surface area contributed by atoms with Crippen molar-refractivity contribution in [2.24, 2.45) is 0 Å². The van der Waals surface area contributed by atoms with Gasteiger partial charge in [-0.05, 0) is 6.92 Å². The van der Waals surface area contributed by atoms with Crippen LogP contribution in [0.3, 0.4) is 0 Å². The van der Waals surface area contributed by atoms with E-state index in [4.69, 9.17) is 0 Å². The van der Waals surface area contributed by atoms with Crippen LogP contribution in [0.25, 0.3) is 0 Å². The van der Waals surface area contributed by atoms with Crippen molar-refractivity contribution in [2.45, 2.75) is 25.6 Å². The normalized spacial score (nSPS) is 14.1. The summed E-state index contributed by atoms with van der Waals surface area (Å²) in [5.74, 6) is 0. The van der Waals surface area contributed by atoms with Crippen molar-refractivity contribution in [1.29, 1.82) is 0 Å². The molecular formula is C8H13ClN6O. The first-order valence-corrected chi connectivity index (χ1v) is 4.62. The zero-order valence-corrected chi connectivity index (χ0v) is 9.58. The van der Waals surface area contributed by atoms with Crippen LogP contribution in [-0.4, -0.2) is 35.1 Å². The molecule has 8 heteroatoms. The number of hydrogen-bond acceptors (Lipinski definition) is 5. The number of nitrogens with zero attached hydrogens (tertiary/aromatic N) is 6. The number of halogens is 1. The number of rotatable bonds is 4. The SMILES string of the molecule is CC(O)(CCn1ccnn1)n1ccnn1.Cl. The minimum absolute atomic E-state index is 0. The highest BCUT2D eigenvalue weighted by Crippen LogP contribution is 2.15. The molecule has 0 saturated heterocycles. The largest absolute Gasteiger partial charge is 0.369 e. The highest BCUT2D eigenvalue weighted by atomic mass is 35.5. The Morgan fingerprint density at radius 2 is 1.88 bits per heavy atom. The topological polar surface area (TPSA) is 81.6 Å². The molecule has 0 fully saturated rings. The lowest BCUT2D eigenvalue weighted by Gasteiger charge is -2.22. The second-order valence-electron chi connectivity index (χ2n) is 3.48. The molecule has 7 nitrogen and oxygen atoms in total. The molecule has 0 radical (unpaired) electrons. The number of aliphatic hydroxyl groups is 1. The summed E-state index contributed by atoms with van der Waals surface area (Å²) in [6.45, 7) is 2.26. The van der Waals surface area contributed by atoms with Gasteiger partial charge in [0, 0.05) is 25.4 Å². The van der Waals surface area contributed by atoms with Crippen LogP contribution >= 0.6 is 12.4 Å². The highest BCUT2D eigenvalue weighted by molar-refractivity contribution is 5.85. The van der Waals surface area contributed by atoms with E-state index >= 15 is 0 Å². The van der Waals surface area contributed by atoms with E-state index in [1.165, 1.54) is 10.9 Å². The summed E-state index contributed by atoms with van der Waals surface area (Å²) in [5, 5.41) is 25.0. The fourth-order valence-electron chi connectivity index (χ4n) is 1.26. The third kappa shape index (κ3) is 2.77. The van der Waals surface area contributed by atoms with Gasteiger partial charge in [-0.25, -0.2) is 4.68 Å². The van der Waals surface area contributed by atoms with Crippen LogP contribution in [0.1, 0.15) is 13.3 Å². The molecule has 2 aromatic heterocycles. The Hall–Kier alpha value is -1.47. The molecule has 1 N–H and O–H groups in total. The fraction of sp³-hybridized carbons (Fsp3) is 0.500. The summed E-state index contributed by atoms with van der Waals surface area (Å²) in [7, 11) is 0. The Bertz CT molecular complexity index is 398. The first-order valence-electron chi connectivity index (χ1n) is 4.62. The minimum Gasteiger partial charge on any atom is -0.369 e. The van der Waals surface area contributed by atoms with Crippen molar-refractivity contribution in [3.05, 3.63) is 24.8 Å². The molecule has 0 spiro atoms. The lowest BCUT2D eigenvalue weighted by molar-refractivity contribution is -0.0437. The second-order valence-corrected chi connectivity index (χ2v) is 3.48. The zero-order valence-electron chi connectivity index (χ0n) is 8.76. The molecule has 2 heterocycles. The molecule has 0 aliphatic heterocycles. The van der Waals surface area contributed by atoms with E-state index in [1.54, 1.807) is 30.2 Å². The Kier molecular flexibility index (Phi) is 3.97. The van der Waals surface area contributed by atoms with Crippen LogP contribution in [0, 0.1) is 0 Å². The maximum atomic E-state index is 10.1. The maximum Gasteiger partial charge on any atom is 0.158 e. The molecule has 0 aliphatic rings. The van der Waals surface area contributed by atoms with Gasteiger partial charge in [0.25, 0.3) is 0 Å². The average Bonchev–Trinajstić information content (AvgIpc) is 2.88. The molecule has 1 atom stereocenters. The van der Waals surface area contributed by atoms with Crippen LogP contribution in [0.5, 0.6) is 0 Å². The van der Waals surface area contributed by atoms with Crippen LogP contribution in [0.2, 0.25) is 0 Å². The molecule has 2 aromatic rings. The van der Waals surface area contributed by atoms with Gasteiger partial charge >= 0.3 is 0 Å². The summed E-state index contributed by atoms with van der Waals surface area (Å²) in [6, 6.07) is 0. The first-order chi connectivity index (χ1) is 7.18. The van der Waals surface area contributed by atoms with Crippen LogP contribution in [0.15, 0.2) is 24.8 Å². The van der Waals surface area contributed by atoms with Crippen molar-refractivity contribution in [3.63, 3.8) is 0 Å². The molecule has 0 bridgehead atoms. The van der Waals surface area contributed by atoms with Gasteiger partial charge in [0.1, 0.15) is 0 Å².